The van der Waals surface area contributed by atoms with E-state index in [-0.39, 0.29) is 11.1 Å². The third-order valence-electron chi connectivity index (χ3n) is 9.36. The Balaban J connectivity index is 1.45. The maximum absolute atomic E-state index is 13.9. The van der Waals surface area contributed by atoms with Gasteiger partial charge in [-0.25, -0.2) is 4.98 Å². The van der Waals surface area contributed by atoms with Crippen LogP contribution in [0.25, 0.3) is 10.9 Å². The lowest BCUT2D eigenvalue weighted by Crippen LogP contribution is -2.50. The highest BCUT2D eigenvalue weighted by molar-refractivity contribution is 5.82. The minimum absolute atomic E-state index is 0.0915. The standard InChI is InChI=1S/C32H45N5O2/c1-5-8-27(23-13-17-33-18-14-23)30-34-29-12-11-25(22-28(29)31(39)37(30)6-2)36-19-15-32(16-20-36,35(3)4)24-9-7-10-26(38)21-24/h7,9-12,21-23,27,33,38H,5-6,8,13-20H2,1-4H3. The van der Waals surface area contributed by atoms with Crippen LogP contribution in [0, 0.1) is 5.92 Å². The number of rotatable bonds is 8. The second-order valence-electron chi connectivity index (χ2n) is 11.7. The largest absolute Gasteiger partial charge is 0.508 e. The summed E-state index contributed by atoms with van der Waals surface area (Å²) in [6.07, 6.45) is 6.33. The molecule has 0 spiro atoms. The Morgan fingerprint density at radius 1 is 1.10 bits per heavy atom. The van der Waals surface area contributed by atoms with Crippen LogP contribution in [0.4, 0.5) is 5.69 Å². The van der Waals surface area contributed by atoms with Gasteiger partial charge in [-0.1, -0.05) is 25.5 Å². The molecule has 210 valence electrons. The van der Waals surface area contributed by atoms with Crippen molar-refractivity contribution in [1.29, 1.82) is 0 Å². The van der Waals surface area contributed by atoms with Crippen LogP contribution in [0.15, 0.2) is 47.3 Å². The van der Waals surface area contributed by atoms with Gasteiger partial charge in [-0.05, 0) is 108 Å². The lowest BCUT2D eigenvalue weighted by molar-refractivity contribution is 0.115. The smallest absolute Gasteiger partial charge is 0.261 e. The van der Waals surface area contributed by atoms with E-state index < -0.39 is 0 Å². The van der Waals surface area contributed by atoms with Gasteiger partial charge >= 0.3 is 0 Å². The topological polar surface area (TPSA) is 73.6 Å². The summed E-state index contributed by atoms with van der Waals surface area (Å²) in [7, 11) is 4.25. The van der Waals surface area contributed by atoms with Crippen molar-refractivity contribution in [3.05, 3.63) is 64.2 Å². The van der Waals surface area contributed by atoms with Gasteiger partial charge in [-0.3, -0.25) is 14.3 Å². The molecule has 0 radical (unpaired) electrons. The summed E-state index contributed by atoms with van der Waals surface area (Å²) >= 11 is 0. The Labute approximate surface area is 232 Å². The monoisotopic (exact) mass is 531 g/mol. The van der Waals surface area contributed by atoms with Crippen LogP contribution in [0.5, 0.6) is 5.75 Å². The molecule has 0 aliphatic carbocycles. The van der Waals surface area contributed by atoms with Crippen LogP contribution in [0.1, 0.15) is 69.7 Å². The summed E-state index contributed by atoms with van der Waals surface area (Å²) in [4.78, 5) is 23.7. The van der Waals surface area contributed by atoms with Gasteiger partial charge in [-0.15, -0.1) is 0 Å². The van der Waals surface area contributed by atoms with Crippen LogP contribution < -0.4 is 15.8 Å². The predicted octanol–water partition coefficient (Wildman–Crippen LogP) is 5.06. The molecule has 3 heterocycles. The molecule has 0 bridgehead atoms. The summed E-state index contributed by atoms with van der Waals surface area (Å²) in [5.74, 6) is 2.19. The summed E-state index contributed by atoms with van der Waals surface area (Å²) in [5, 5.41) is 14.3. The first kappa shape index (κ1) is 27.7. The Bertz CT molecular complexity index is 1340. The van der Waals surface area contributed by atoms with E-state index in [0.29, 0.717) is 24.1 Å². The molecule has 7 nitrogen and oxygen atoms in total. The number of anilines is 1. The van der Waals surface area contributed by atoms with Crippen molar-refractivity contribution in [3.63, 3.8) is 0 Å². The van der Waals surface area contributed by atoms with E-state index in [4.69, 9.17) is 4.98 Å². The van der Waals surface area contributed by atoms with Crippen LogP contribution in [-0.2, 0) is 12.1 Å². The predicted molar refractivity (Wildman–Crippen MR) is 160 cm³/mol. The molecule has 1 unspecified atom stereocenters. The lowest BCUT2D eigenvalue weighted by Gasteiger charge is -2.47. The molecule has 3 aromatic rings. The molecule has 7 heteroatoms. The quantitative estimate of drug-likeness (QED) is 0.423. The van der Waals surface area contributed by atoms with Crippen LogP contribution in [0.3, 0.4) is 0 Å². The van der Waals surface area contributed by atoms with E-state index in [1.54, 1.807) is 6.07 Å². The second-order valence-corrected chi connectivity index (χ2v) is 11.7. The van der Waals surface area contributed by atoms with Crippen molar-refractivity contribution in [2.75, 3.05) is 45.2 Å². The van der Waals surface area contributed by atoms with Gasteiger partial charge in [0.15, 0.2) is 0 Å². The Morgan fingerprint density at radius 2 is 1.85 bits per heavy atom. The van der Waals surface area contributed by atoms with E-state index in [0.717, 1.165) is 92.7 Å². The average Bonchev–Trinajstić information content (AvgIpc) is 2.96. The van der Waals surface area contributed by atoms with E-state index in [1.807, 2.05) is 16.7 Å². The fourth-order valence-electron chi connectivity index (χ4n) is 7.07. The number of aromatic nitrogens is 2. The third-order valence-corrected chi connectivity index (χ3v) is 9.36. The number of aromatic hydroxyl groups is 1. The van der Waals surface area contributed by atoms with E-state index in [2.05, 4.69) is 67.3 Å². The van der Waals surface area contributed by atoms with Gasteiger partial charge in [-0.2, -0.15) is 0 Å². The number of nitrogens with zero attached hydrogens (tertiary/aromatic N) is 4. The SMILES string of the molecule is CCCC(c1nc2ccc(N3CCC(c4cccc(O)c4)(N(C)C)CC3)cc2c(=O)n1CC)C1CCNCC1. The first-order valence-corrected chi connectivity index (χ1v) is 14.8. The number of phenolic OH excluding ortho intramolecular Hbond substituents is 1. The average molecular weight is 532 g/mol. The normalized spacial score (nSPS) is 19.1. The second kappa shape index (κ2) is 11.7. The van der Waals surface area contributed by atoms with Crippen LogP contribution >= 0.6 is 0 Å². The Morgan fingerprint density at radius 3 is 2.49 bits per heavy atom. The fourth-order valence-corrected chi connectivity index (χ4v) is 7.07. The molecule has 1 atom stereocenters. The minimum atomic E-state index is -0.125. The van der Waals surface area contributed by atoms with Crippen molar-refractivity contribution in [3.8, 4) is 5.75 Å². The van der Waals surface area contributed by atoms with Gasteiger partial charge in [0.25, 0.3) is 5.56 Å². The highest BCUT2D eigenvalue weighted by atomic mass is 16.3. The zero-order chi connectivity index (χ0) is 27.6. The molecular formula is C32H45N5O2. The highest BCUT2D eigenvalue weighted by Crippen LogP contribution is 2.40. The number of nitrogens with one attached hydrogen (secondary N) is 1. The molecule has 5 rings (SSSR count). The highest BCUT2D eigenvalue weighted by Gasteiger charge is 2.38. The van der Waals surface area contributed by atoms with Crippen molar-refractivity contribution in [1.82, 2.24) is 19.8 Å². The van der Waals surface area contributed by atoms with Gasteiger partial charge in [0.05, 0.1) is 10.9 Å². The Kier molecular flexibility index (Phi) is 8.29. The van der Waals surface area contributed by atoms with Crippen molar-refractivity contribution in [2.24, 2.45) is 5.92 Å². The zero-order valence-electron chi connectivity index (χ0n) is 24.1. The number of benzene rings is 2. The van der Waals surface area contributed by atoms with Gasteiger partial charge in [0.1, 0.15) is 11.6 Å². The van der Waals surface area contributed by atoms with E-state index >= 15 is 0 Å². The number of piperidine rings is 2. The minimum Gasteiger partial charge on any atom is -0.508 e. The zero-order valence-corrected chi connectivity index (χ0v) is 24.1. The summed E-state index contributed by atoms with van der Waals surface area (Å²) in [6.45, 7) is 8.80. The lowest BCUT2D eigenvalue weighted by atomic mass is 9.79. The molecule has 2 aliphatic rings. The maximum Gasteiger partial charge on any atom is 0.261 e. The molecule has 2 saturated heterocycles. The first-order valence-electron chi connectivity index (χ1n) is 14.8. The Hall–Kier alpha value is -2.90. The molecule has 2 aromatic carbocycles. The third kappa shape index (κ3) is 5.31. The van der Waals surface area contributed by atoms with E-state index in [9.17, 15) is 9.90 Å². The van der Waals surface area contributed by atoms with Crippen LogP contribution in [0.2, 0.25) is 0 Å². The number of hydrogen-bond acceptors (Lipinski definition) is 6. The van der Waals surface area contributed by atoms with Gasteiger partial charge in [0.2, 0.25) is 0 Å². The molecule has 2 fully saturated rings. The molecule has 39 heavy (non-hydrogen) atoms. The number of hydrogen-bond donors (Lipinski definition) is 2. The molecule has 0 amide bonds. The number of fused-ring (bicyclic) bond motifs is 1. The molecule has 2 N–H and O–H groups in total. The maximum atomic E-state index is 13.9. The first-order chi connectivity index (χ1) is 18.9. The number of phenols is 1. The van der Waals surface area contributed by atoms with E-state index in [1.165, 1.54) is 0 Å². The molecule has 1 aromatic heterocycles. The molecule has 2 aliphatic heterocycles. The van der Waals surface area contributed by atoms with Gasteiger partial charge in [0, 0.05) is 36.8 Å². The van der Waals surface area contributed by atoms with Gasteiger partial charge < -0.3 is 15.3 Å². The fraction of sp³-hybridized carbons (Fsp3) is 0.562. The molecular weight excluding hydrogens is 486 g/mol. The summed E-state index contributed by atoms with van der Waals surface area (Å²) < 4.78 is 1.95. The van der Waals surface area contributed by atoms with Crippen molar-refractivity contribution < 1.29 is 5.11 Å². The van der Waals surface area contributed by atoms with Crippen molar-refractivity contribution in [2.45, 2.75) is 70.4 Å². The van der Waals surface area contributed by atoms with Crippen molar-refractivity contribution >= 4 is 16.6 Å². The summed E-state index contributed by atoms with van der Waals surface area (Å²) in [6, 6.07) is 14.0. The molecule has 0 saturated carbocycles. The van der Waals surface area contributed by atoms with Crippen LogP contribution in [-0.4, -0.2) is 59.8 Å². The summed E-state index contributed by atoms with van der Waals surface area (Å²) in [5.41, 5.74) is 3.03.